The minimum atomic E-state index is -1.30. The summed E-state index contributed by atoms with van der Waals surface area (Å²) in [4.78, 5) is 10.5. The van der Waals surface area contributed by atoms with Crippen LogP contribution in [0.2, 0.25) is 0 Å². The summed E-state index contributed by atoms with van der Waals surface area (Å²) in [5.74, 6) is 1.27. The fourth-order valence-electron chi connectivity index (χ4n) is 3.01. The molecule has 1 aromatic carbocycles. The Bertz CT molecular complexity index is 1290. The van der Waals surface area contributed by atoms with E-state index in [4.69, 9.17) is 9.97 Å². The van der Waals surface area contributed by atoms with Crippen molar-refractivity contribution in [1.82, 2.24) is 24.7 Å². The van der Waals surface area contributed by atoms with Crippen molar-refractivity contribution in [3.63, 3.8) is 0 Å². The standard InChI is InChI=1S/C19H13N5OS3/c1-28(25)19-23-20-11-24(19)17-15-14(12-5-3-2-4-6-12)10-27-18(15)22-16(21-17)13-7-8-26-9-13/h2-11H,1H3. The lowest BCUT2D eigenvalue weighted by Crippen LogP contribution is -2.06. The van der Waals surface area contributed by atoms with Crippen molar-refractivity contribution in [3.05, 3.63) is 58.9 Å². The van der Waals surface area contributed by atoms with Gasteiger partial charge in [0.15, 0.2) is 11.6 Å². The van der Waals surface area contributed by atoms with Crippen LogP contribution in [0, 0.1) is 0 Å². The van der Waals surface area contributed by atoms with Crippen molar-refractivity contribution in [2.75, 3.05) is 6.26 Å². The molecule has 6 nitrogen and oxygen atoms in total. The third-order valence-corrected chi connectivity index (χ3v) is 6.63. The molecule has 0 bridgehead atoms. The first-order chi connectivity index (χ1) is 13.7. The Hall–Kier alpha value is -2.75. The zero-order valence-electron chi connectivity index (χ0n) is 14.6. The average Bonchev–Trinajstić information content (AvgIpc) is 3.47. The van der Waals surface area contributed by atoms with Crippen molar-refractivity contribution in [2.45, 2.75) is 5.16 Å². The second-order valence-electron chi connectivity index (χ2n) is 6.02. The van der Waals surface area contributed by atoms with E-state index >= 15 is 0 Å². The molecule has 0 aliphatic carbocycles. The molecular weight excluding hydrogens is 410 g/mol. The molecular formula is C19H13N5OS3. The predicted molar refractivity (Wildman–Crippen MR) is 113 cm³/mol. The quantitative estimate of drug-likeness (QED) is 0.428. The van der Waals surface area contributed by atoms with E-state index in [2.05, 4.69) is 27.7 Å². The molecule has 138 valence electrons. The Labute approximate surface area is 171 Å². The Kier molecular flexibility index (Phi) is 4.34. The summed E-state index contributed by atoms with van der Waals surface area (Å²) < 4.78 is 13.9. The van der Waals surface area contributed by atoms with Gasteiger partial charge in [-0.3, -0.25) is 8.78 Å². The number of hydrogen-bond acceptors (Lipinski definition) is 7. The van der Waals surface area contributed by atoms with E-state index in [-0.39, 0.29) is 0 Å². The smallest absolute Gasteiger partial charge is 0.226 e. The first kappa shape index (κ1) is 17.4. The minimum absolute atomic E-state index is 0.362. The zero-order chi connectivity index (χ0) is 19.1. The molecule has 0 aliphatic rings. The highest BCUT2D eigenvalue weighted by Gasteiger charge is 2.20. The number of rotatable bonds is 4. The lowest BCUT2D eigenvalue weighted by atomic mass is 10.1. The van der Waals surface area contributed by atoms with Crippen LogP contribution < -0.4 is 0 Å². The van der Waals surface area contributed by atoms with Crippen LogP contribution in [0.4, 0.5) is 0 Å². The van der Waals surface area contributed by atoms with Gasteiger partial charge in [-0.05, 0) is 17.0 Å². The maximum Gasteiger partial charge on any atom is 0.226 e. The first-order valence-electron chi connectivity index (χ1n) is 8.33. The lowest BCUT2D eigenvalue weighted by molar-refractivity contribution is 0.675. The second-order valence-corrected chi connectivity index (χ2v) is 8.93. The number of hydrogen-bond donors (Lipinski definition) is 0. The third-order valence-electron chi connectivity index (χ3n) is 4.28. The largest absolute Gasteiger partial charge is 0.257 e. The SMILES string of the molecule is CS(=O)c1nncn1-c1nc(-c2ccsc2)nc2scc(-c3ccccc3)c12. The maximum absolute atomic E-state index is 12.2. The summed E-state index contributed by atoms with van der Waals surface area (Å²) in [6.07, 6.45) is 3.15. The molecule has 0 N–H and O–H groups in total. The van der Waals surface area contributed by atoms with Crippen LogP contribution in [0.25, 0.3) is 38.5 Å². The molecule has 0 aliphatic heterocycles. The summed E-state index contributed by atoms with van der Waals surface area (Å²) in [7, 11) is -1.30. The molecule has 5 rings (SSSR count). The van der Waals surface area contributed by atoms with Crippen molar-refractivity contribution in [1.29, 1.82) is 0 Å². The van der Waals surface area contributed by atoms with Gasteiger partial charge in [0.25, 0.3) is 0 Å². The lowest BCUT2D eigenvalue weighted by Gasteiger charge is -2.10. The van der Waals surface area contributed by atoms with E-state index < -0.39 is 10.8 Å². The highest BCUT2D eigenvalue weighted by molar-refractivity contribution is 7.84. The first-order valence-corrected chi connectivity index (χ1v) is 11.7. The summed E-state index contributed by atoms with van der Waals surface area (Å²) in [6, 6.07) is 12.1. The van der Waals surface area contributed by atoms with Crippen LogP contribution in [0.1, 0.15) is 0 Å². The van der Waals surface area contributed by atoms with Gasteiger partial charge in [-0.1, -0.05) is 30.3 Å². The fraction of sp³-hybridized carbons (Fsp3) is 0.0526. The molecule has 0 saturated carbocycles. The highest BCUT2D eigenvalue weighted by atomic mass is 32.2. The molecule has 1 unspecified atom stereocenters. The van der Waals surface area contributed by atoms with Gasteiger partial charge >= 0.3 is 0 Å². The molecule has 1 atom stereocenters. The van der Waals surface area contributed by atoms with E-state index in [1.54, 1.807) is 39.8 Å². The predicted octanol–water partition coefficient (Wildman–Crippen LogP) is 4.40. The van der Waals surface area contributed by atoms with E-state index in [1.165, 1.54) is 0 Å². The van der Waals surface area contributed by atoms with Crippen molar-refractivity contribution < 1.29 is 4.21 Å². The van der Waals surface area contributed by atoms with Crippen molar-refractivity contribution >= 4 is 43.7 Å². The summed E-state index contributed by atoms with van der Waals surface area (Å²) in [6.45, 7) is 0. The molecule has 5 aromatic rings. The topological polar surface area (TPSA) is 73.6 Å². The molecule has 0 radical (unpaired) electrons. The van der Waals surface area contributed by atoms with E-state index in [0.717, 1.165) is 26.9 Å². The highest BCUT2D eigenvalue weighted by Crippen LogP contribution is 2.37. The molecule has 4 heterocycles. The van der Waals surface area contributed by atoms with Crippen LogP contribution in [0.5, 0.6) is 0 Å². The normalized spacial score (nSPS) is 12.5. The van der Waals surface area contributed by atoms with E-state index in [0.29, 0.717) is 16.8 Å². The maximum atomic E-state index is 12.2. The van der Waals surface area contributed by atoms with Gasteiger partial charge < -0.3 is 0 Å². The van der Waals surface area contributed by atoms with E-state index in [9.17, 15) is 4.21 Å². The Morgan fingerprint density at radius 1 is 1.04 bits per heavy atom. The van der Waals surface area contributed by atoms with Gasteiger partial charge in [-0.15, -0.1) is 21.5 Å². The molecule has 0 fully saturated rings. The van der Waals surface area contributed by atoms with Gasteiger partial charge in [0.1, 0.15) is 11.2 Å². The monoisotopic (exact) mass is 423 g/mol. The number of fused-ring (bicyclic) bond motifs is 1. The van der Waals surface area contributed by atoms with Gasteiger partial charge in [-0.25, -0.2) is 9.97 Å². The van der Waals surface area contributed by atoms with Crippen molar-refractivity contribution in [3.8, 4) is 28.3 Å². The Morgan fingerprint density at radius 3 is 2.64 bits per heavy atom. The van der Waals surface area contributed by atoms with Gasteiger partial charge in [0, 0.05) is 28.1 Å². The Morgan fingerprint density at radius 2 is 1.89 bits per heavy atom. The zero-order valence-corrected chi connectivity index (χ0v) is 17.1. The molecule has 28 heavy (non-hydrogen) atoms. The molecule has 0 spiro atoms. The molecule has 9 heteroatoms. The minimum Gasteiger partial charge on any atom is -0.257 e. The van der Waals surface area contributed by atoms with Crippen LogP contribution in [-0.2, 0) is 10.8 Å². The van der Waals surface area contributed by atoms with Crippen LogP contribution in [0.15, 0.2) is 64.0 Å². The number of benzene rings is 1. The fourth-order valence-corrected chi connectivity index (χ4v) is 5.16. The number of aromatic nitrogens is 5. The average molecular weight is 424 g/mol. The molecule has 0 saturated heterocycles. The van der Waals surface area contributed by atoms with E-state index in [1.807, 2.05) is 35.0 Å². The van der Waals surface area contributed by atoms with Crippen molar-refractivity contribution in [2.24, 2.45) is 0 Å². The van der Waals surface area contributed by atoms with Crippen LogP contribution in [-0.4, -0.2) is 35.2 Å². The summed E-state index contributed by atoms with van der Waals surface area (Å²) in [5.41, 5.74) is 3.07. The number of nitrogens with zero attached hydrogens (tertiary/aromatic N) is 5. The molecule has 0 amide bonds. The Balaban J connectivity index is 1.85. The van der Waals surface area contributed by atoms with Gasteiger partial charge in [-0.2, -0.15) is 11.3 Å². The third kappa shape index (κ3) is 2.88. The summed E-state index contributed by atoms with van der Waals surface area (Å²) >= 11 is 3.16. The van der Waals surface area contributed by atoms with Gasteiger partial charge in [0.2, 0.25) is 5.16 Å². The second kappa shape index (κ2) is 7.01. The number of thiophene rings is 2. The summed E-state index contributed by atoms with van der Waals surface area (Å²) in [5, 5.41) is 15.4. The van der Waals surface area contributed by atoms with Crippen LogP contribution in [0.3, 0.4) is 0 Å². The molecule has 4 aromatic heterocycles. The van der Waals surface area contributed by atoms with Gasteiger partial charge in [0.05, 0.1) is 16.2 Å². The van der Waals surface area contributed by atoms with Crippen LogP contribution >= 0.6 is 22.7 Å².